The second-order valence-electron chi connectivity index (χ2n) is 8.64. The van der Waals surface area contributed by atoms with E-state index in [1.54, 1.807) is 0 Å². The lowest BCUT2D eigenvalue weighted by Gasteiger charge is -2.33. The van der Waals surface area contributed by atoms with Gasteiger partial charge in [0.25, 0.3) is 0 Å². The third-order valence-corrected chi connectivity index (χ3v) is 6.05. The molecule has 1 aliphatic rings. The molecule has 0 fully saturated rings. The van der Waals surface area contributed by atoms with Crippen molar-refractivity contribution < 1.29 is 0 Å². The van der Waals surface area contributed by atoms with E-state index < -0.39 is 0 Å². The zero-order valence-corrected chi connectivity index (χ0v) is 19.1. The van der Waals surface area contributed by atoms with Crippen LogP contribution in [0.2, 0.25) is 0 Å². The van der Waals surface area contributed by atoms with Crippen LogP contribution in [-0.2, 0) is 0 Å². The van der Waals surface area contributed by atoms with Gasteiger partial charge in [-0.15, -0.1) is 0 Å². The van der Waals surface area contributed by atoms with Gasteiger partial charge in [0.05, 0.1) is 0 Å². The van der Waals surface area contributed by atoms with Crippen LogP contribution < -0.4 is 0 Å². The predicted octanol–water partition coefficient (Wildman–Crippen LogP) is 8.09. The van der Waals surface area contributed by atoms with Crippen molar-refractivity contribution in [2.24, 2.45) is 0 Å². The fraction of sp³-hybridized carbons (Fsp3) is 0.920. The molecule has 0 saturated carbocycles. The molecule has 2 heteroatoms. The van der Waals surface area contributed by atoms with Crippen molar-refractivity contribution in [1.82, 2.24) is 9.80 Å². The third kappa shape index (κ3) is 11.7. The zero-order chi connectivity index (χ0) is 19.6. The number of rotatable bonds is 19. The largest absolute Gasteiger partial charge is 0.356 e. The number of hydrogen-bond donors (Lipinski definition) is 0. The molecule has 0 bridgehead atoms. The summed E-state index contributed by atoms with van der Waals surface area (Å²) in [6, 6.07) is 0. The van der Waals surface area contributed by atoms with E-state index in [-0.39, 0.29) is 0 Å². The highest BCUT2D eigenvalue weighted by Crippen LogP contribution is 2.22. The Bertz CT molecular complexity index is 339. The van der Waals surface area contributed by atoms with E-state index in [2.05, 4.69) is 43.0 Å². The molecule has 2 nitrogen and oxygen atoms in total. The van der Waals surface area contributed by atoms with Crippen molar-refractivity contribution in [1.29, 1.82) is 0 Å². The van der Waals surface area contributed by atoms with Gasteiger partial charge in [0.2, 0.25) is 0 Å². The van der Waals surface area contributed by atoms with Gasteiger partial charge < -0.3 is 9.80 Å². The summed E-state index contributed by atoms with van der Waals surface area (Å²) in [5, 5.41) is 0. The van der Waals surface area contributed by atoms with Crippen LogP contribution in [0.3, 0.4) is 0 Å². The third-order valence-electron chi connectivity index (χ3n) is 6.05. The Balaban J connectivity index is 2.09. The van der Waals surface area contributed by atoms with Crippen LogP contribution in [0.15, 0.2) is 12.4 Å². The molecular weight excluding hydrogens is 328 g/mol. The van der Waals surface area contributed by atoms with Crippen LogP contribution in [0.4, 0.5) is 0 Å². The fourth-order valence-corrected chi connectivity index (χ4v) is 4.28. The van der Waals surface area contributed by atoms with Crippen LogP contribution in [0, 0.1) is 0 Å². The average Bonchev–Trinajstić information content (AvgIpc) is 3.05. The summed E-state index contributed by atoms with van der Waals surface area (Å²) in [6.45, 7) is 9.43. The molecule has 1 atom stereocenters. The summed E-state index contributed by atoms with van der Waals surface area (Å²) in [6.07, 6.45) is 29.2. The van der Waals surface area contributed by atoms with E-state index >= 15 is 0 Å². The molecule has 0 aliphatic carbocycles. The lowest BCUT2D eigenvalue weighted by atomic mass is 10.1. The minimum Gasteiger partial charge on any atom is -0.356 e. The van der Waals surface area contributed by atoms with Crippen molar-refractivity contribution in [2.75, 3.05) is 13.1 Å². The highest BCUT2D eigenvalue weighted by molar-refractivity contribution is 4.96. The molecule has 0 spiro atoms. The standard InChI is InChI=1S/C25H50N2/c1-4-7-9-11-12-13-14-15-17-19-22-27-24-23-26(25(27)20-6-3)21-18-16-10-8-5-2/h23-25H,4-22H2,1-3H3. The molecule has 0 amide bonds. The minimum atomic E-state index is 0.639. The highest BCUT2D eigenvalue weighted by atomic mass is 15.4. The van der Waals surface area contributed by atoms with E-state index in [0.717, 1.165) is 0 Å². The topological polar surface area (TPSA) is 6.48 Å². The molecule has 0 aromatic rings. The summed E-state index contributed by atoms with van der Waals surface area (Å²) >= 11 is 0. The molecule has 0 saturated heterocycles. The van der Waals surface area contributed by atoms with E-state index in [1.807, 2.05) is 0 Å². The van der Waals surface area contributed by atoms with Crippen molar-refractivity contribution in [3.05, 3.63) is 12.4 Å². The molecule has 1 rings (SSSR count). The molecule has 0 aromatic heterocycles. The Kier molecular flexibility index (Phi) is 15.7. The van der Waals surface area contributed by atoms with Crippen LogP contribution in [0.25, 0.3) is 0 Å². The quantitative estimate of drug-likeness (QED) is 0.209. The Morgan fingerprint density at radius 1 is 0.481 bits per heavy atom. The van der Waals surface area contributed by atoms with Gasteiger partial charge in [-0.2, -0.15) is 0 Å². The van der Waals surface area contributed by atoms with Crippen molar-refractivity contribution in [3.63, 3.8) is 0 Å². The maximum absolute atomic E-state index is 2.63. The first-order valence-electron chi connectivity index (χ1n) is 12.5. The smallest absolute Gasteiger partial charge is 0.101 e. The summed E-state index contributed by atoms with van der Waals surface area (Å²) < 4.78 is 0. The molecular formula is C25H50N2. The normalized spacial score (nSPS) is 16.6. The maximum atomic E-state index is 2.63. The van der Waals surface area contributed by atoms with Gasteiger partial charge in [-0.05, 0) is 19.3 Å². The summed E-state index contributed by atoms with van der Waals surface area (Å²) in [5.41, 5.74) is 0. The van der Waals surface area contributed by atoms with Gasteiger partial charge in [0, 0.05) is 25.5 Å². The van der Waals surface area contributed by atoms with E-state index in [9.17, 15) is 0 Å². The average molecular weight is 379 g/mol. The molecule has 1 unspecified atom stereocenters. The number of hydrogen-bond acceptors (Lipinski definition) is 2. The number of unbranched alkanes of at least 4 members (excludes halogenated alkanes) is 13. The summed E-state index contributed by atoms with van der Waals surface area (Å²) in [4.78, 5) is 5.24. The Morgan fingerprint density at radius 3 is 1.22 bits per heavy atom. The lowest BCUT2D eigenvalue weighted by Crippen LogP contribution is -2.39. The van der Waals surface area contributed by atoms with Gasteiger partial charge in [0.1, 0.15) is 6.17 Å². The van der Waals surface area contributed by atoms with Crippen molar-refractivity contribution in [2.45, 2.75) is 136 Å². The zero-order valence-electron chi connectivity index (χ0n) is 19.1. The van der Waals surface area contributed by atoms with E-state index in [1.165, 1.54) is 122 Å². The second kappa shape index (κ2) is 17.4. The molecule has 1 heterocycles. The maximum Gasteiger partial charge on any atom is 0.101 e. The summed E-state index contributed by atoms with van der Waals surface area (Å²) in [7, 11) is 0. The van der Waals surface area contributed by atoms with Crippen LogP contribution >= 0.6 is 0 Å². The van der Waals surface area contributed by atoms with Crippen molar-refractivity contribution in [3.8, 4) is 0 Å². The fourth-order valence-electron chi connectivity index (χ4n) is 4.28. The van der Waals surface area contributed by atoms with Crippen LogP contribution in [0.5, 0.6) is 0 Å². The van der Waals surface area contributed by atoms with Crippen LogP contribution in [-0.4, -0.2) is 29.1 Å². The molecule has 0 N–H and O–H groups in total. The van der Waals surface area contributed by atoms with Gasteiger partial charge in [-0.25, -0.2) is 0 Å². The second-order valence-corrected chi connectivity index (χ2v) is 8.64. The first-order chi connectivity index (χ1) is 13.3. The number of nitrogens with zero attached hydrogens (tertiary/aromatic N) is 2. The molecule has 0 aromatic carbocycles. The molecule has 0 radical (unpaired) electrons. The SMILES string of the molecule is CCCCCCCCCCCCN1C=CN(CCCCCCC)C1CCC. The first-order valence-corrected chi connectivity index (χ1v) is 12.5. The Hall–Kier alpha value is -0.660. The molecule has 1 aliphatic heterocycles. The first kappa shape index (κ1) is 24.4. The highest BCUT2D eigenvalue weighted by Gasteiger charge is 2.24. The van der Waals surface area contributed by atoms with E-state index in [4.69, 9.17) is 0 Å². The predicted molar refractivity (Wildman–Crippen MR) is 122 cm³/mol. The summed E-state index contributed by atoms with van der Waals surface area (Å²) in [5.74, 6) is 0. The van der Waals surface area contributed by atoms with Crippen LogP contribution in [0.1, 0.15) is 130 Å². The molecule has 27 heavy (non-hydrogen) atoms. The van der Waals surface area contributed by atoms with E-state index in [0.29, 0.717) is 6.17 Å². The Labute approximate surface area is 171 Å². The Morgan fingerprint density at radius 2 is 0.852 bits per heavy atom. The van der Waals surface area contributed by atoms with Gasteiger partial charge in [-0.1, -0.05) is 111 Å². The van der Waals surface area contributed by atoms with Crippen molar-refractivity contribution >= 4 is 0 Å². The van der Waals surface area contributed by atoms with Gasteiger partial charge in [-0.3, -0.25) is 0 Å². The van der Waals surface area contributed by atoms with Gasteiger partial charge >= 0.3 is 0 Å². The molecule has 160 valence electrons. The monoisotopic (exact) mass is 378 g/mol. The minimum absolute atomic E-state index is 0.639. The van der Waals surface area contributed by atoms with Gasteiger partial charge in [0.15, 0.2) is 0 Å². The lowest BCUT2D eigenvalue weighted by molar-refractivity contribution is 0.138.